The van der Waals surface area contributed by atoms with E-state index in [1.54, 1.807) is 0 Å². The Balaban J connectivity index is 0. The number of halogens is 1. The molecule has 0 fully saturated rings. The van der Waals surface area contributed by atoms with E-state index >= 15 is 0 Å². The minimum atomic E-state index is 0. The monoisotopic (exact) mass is 390 g/mol. The summed E-state index contributed by atoms with van der Waals surface area (Å²) in [6.07, 6.45) is 31.2. The summed E-state index contributed by atoms with van der Waals surface area (Å²) in [5, 5.41) is 0. The summed E-state index contributed by atoms with van der Waals surface area (Å²) in [5.41, 5.74) is 0. The van der Waals surface area contributed by atoms with Crippen LogP contribution in [0.2, 0.25) is 0 Å². The van der Waals surface area contributed by atoms with Crippen LogP contribution >= 0.6 is 7.92 Å². The lowest BCUT2D eigenvalue weighted by Gasteiger charge is -2.04. The zero-order chi connectivity index (χ0) is 18.4. The fourth-order valence-corrected chi connectivity index (χ4v) is 4.69. The van der Waals surface area contributed by atoms with Crippen molar-refractivity contribution in [3.63, 3.8) is 0 Å². The summed E-state index contributed by atoms with van der Waals surface area (Å²) in [6, 6.07) is 0. The van der Waals surface area contributed by atoms with E-state index < -0.39 is 0 Å². The third-order valence-electron chi connectivity index (χ3n) is 5.53. The number of hydrogen-bond donors (Lipinski definition) is 0. The first-order valence-corrected chi connectivity index (χ1v) is 14.8. The zero-order valence-electron chi connectivity index (χ0n) is 18.7. The van der Waals surface area contributed by atoms with Gasteiger partial charge < -0.3 is 4.70 Å². The van der Waals surface area contributed by atoms with Gasteiger partial charge in [-0.15, -0.1) is 0 Å². The van der Waals surface area contributed by atoms with Crippen LogP contribution in [0.15, 0.2) is 0 Å². The highest BCUT2D eigenvalue weighted by Gasteiger charge is 1.99. The summed E-state index contributed by atoms with van der Waals surface area (Å²) in [4.78, 5) is 0. The molecule has 0 bridgehead atoms. The maximum atomic E-state index is 2.44. The number of hydrogen-bond acceptors (Lipinski definition) is 0. The minimum absolute atomic E-state index is 0. The Hall–Kier alpha value is 0.360. The van der Waals surface area contributed by atoms with Crippen molar-refractivity contribution in [3.8, 4) is 0 Å². The quantitative estimate of drug-likeness (QED) is 0.160. The van der Waals surface area contributed by atoms with Crippen LogP contribution in [0.3, 0.4) is 0 Å². The standard InChI is InChI=1S/C24H51P.FH/c1-4-5-6-7-8-9-10-11-12-13-14-15-16-17-18-19-20-21-22-23-24-25(2)3;/h4-24H2,1-3H3;1H. The second-order valence-electron chi connectivity index (χ2n) is 8.67. The van der Waals surface area contributed by atoms with E-state index in [2.05, 4.69) is 20.3 Å². The van der Waals surface area contributed by atoms with Crippen LogP contribution in [0, 0.1) is 0 Å². The Morgan fingerprint density at radius 3 is 0.846 bits per heavy atom. The van der Waals surface area contributed by atoms with Crippen molar-refractivity contribution in [1.29, 1.82) is 0 Å². The Morgan fingerprint density at radius 2 is 0.615 bits per heavy atom. The summed E-state index contributed by atoms with van der Waals surface area (Å²) in [5.74, 6) is 0. The molecule has 0 atom stereocenters. The van der Waals surface area contributed by atoms with Gasteiger partial charge in [-0.1, -0.05) is 122 Å². The highest BCUT2D eigenvalue weighted by atomic mass is 31.1. The van der Waals surface area contributed by atoms with Crippen molar-refractivity contribution < 1.29 is 4.70 Å². The Labute approximate surface area is 167 Å². The molecule has 0 spiro atoms. The lowest BCUT2D eigenvalue weighted by Crippen LogP contribution is -3.00. The maximum absolute atomic E-state index is 2.44. The molecule has 26 heavy (non-hydrogen) atoms. The van der Waals surface area contributed by atoms with Crippen molar-refractivity contribution in [2.24, 2.45) is 0 Å². The first-order valence-electron chi connectivity index (χ1n) is 12.1. The fraction of sp³-hybridized carbons (Fsp3) is 1.00. The van der Waals surface area contributed by atoms with E-state index in [9.17, 15) is 0 Å². The Kier molecular flexibility index (Phi) is 27.9. The molecule has 160 valence electrons. The van der Waals surface area contributed by atoms with Gasteiger partial charge in [-0.25, -0.2) is 0 Å². The summed E-state index contributed by atoms with van der Waals surface area (Å²) >= 11 is 0. The molecule has 0 nitrogen and oxygen atoms in total. The molecule has 0 aliphatic carbocycles. The van der Waals surface area contributed by atoms with Crippen molar-refractivity contribution in [2.75, 3.05) is 19.5 Å². The summed E-state index contributed by atoms with van der Waals surface area (Å²) in [6.45, 7) is 7.19. The van der Waals surface area contributed by atoms with Gasteiger partial charge in [-0.3, -0.25) is 0 Å². The number of unbranched alkanes of at least 4 members (excludes halogenated alkanes) is 19. The largest absolute Gasteiger partial charge is 1.00 e. The average Bonchev–Trinajstić information content (AvgIpc) is 2.60. The van der Waals surface area contributed by atoms with Crippen LogP contribution in [0.1, 0.15) is 135 Å². The third-order valence-corrected chi connectivity index (χ3v) is 6.88. The molecule has 0 unspecified atom stereocenters. The van der Waals surface area contributed by atoms with Crippen molar-refractivity contribution in [2.45, 2.75) is 135 Å². The Bertz CT molecular complexity index is 230. The van der Waals surface area contributed by atoms with Crippen molar-refractivity contribution in [1.82, 2.24) is 0 Å². The predicted molar refractivity (Wildman–Crippen MR) is 123 cm³/mol. The molecule has 0 aromatic rings. The molecule has 0 radical (unpaired) electrons. The van der Waals surface area contributed by atoms with E-state index in [0.717, 1.165) is 0 Å². The van der Waals surface area contributed by atoms with Crippen LogP contribution in [-0.4, -0.2) is 19.5 Å². The van der Waals surface area contributed by atoms with E-state index in [0.29, 0.717) is 0 Å². The van der Waals surface area contributed by atoms with Gasteiger partial charge in [0.2, 0.25) is 0 Å². The lowest BCUT2D eigenvalue weighted by atomic mass is 10.0. The third kappa shape index (κ3) is 26.6. The van der Waals surface area contributed by atoms with E-state index in [4.69, 9.17) is 0 Å². The molecule has 2 heteroatoms. The molecule has 0 saturated carbocycles. The lowest BCUT2D eigenvalue weighted by molar-refractivity contribution is -0.00000571. The minimum Gasteiger partial charge on any atom is -1.00 e. The molecule has 0 aliphatic rings. The van der Waals surface area contributed by atoms with E-state index in [-0.39, 0.29) is 12.6 Å². The molecule has 0 amide bonds. The van der Waals surface area contributed by atoms with Crippen LogP contribution in [0.5, 0.6) is 0 Å². The zero-order valence-corrected chi connectivity index (χ0v) is 19.7. The van der Waals surface area contributed by atoms with Crippen molar-refractivity contribution >= 4 is 7.92 Å². The molecule has 0 aromatic carbocycles. The smallest absolute Gasteiger partial charge is 0.0566 e. The SMILES string of the molecule is CCCCCCCCCCCCCCCCCCCCCC[PH+](C)C.[F-]. The molecular weight excluding hydrogens is 338 g/mol. The van der Waals surface area contributed by atoms with Gasteiger partial charge in [0.1, 0.15) is 0 Å². The average molecular weight is 391 g/mol. The molecule has 0 N–H and O–H groups in total. The van der Waals surface area contributed by atoms with Crippen LogP contribution < -0.4 is 4.70 Å². The second-order valence-corrected chi connectivity index (χ2v) is 11.6. The first kappa shape index (κ1) is 28.6. The van der Waals surface area contributed by atoms with Gasteiger partial charge in [0.25, 0.3) is 0 Å². The first-order chi connectivity index (χ1) is 12.3. The topological polar surface area (TPSA) is 0 Å². The predicted octanol–water partition coefficient (Wildman–Crippen LogP) is 6.29. The number of rotatable bonds is 21. The maximum Gasteiger partial charge on any atom is 0.0566 e. The van der Waals surface area contributed by atoms with Gasteiger partial charge in [0.15, 0.2) is 0 Å². The van der Waals surface area contributed by atoms with Gasteiger partial charge in [0, 0.05) is 13.3 Å². The highest BCUT2D eigenvalue weighted by molar-refractivity contribution is 7.55. The van der Waals surface area contributed by atoms with Crippen LogP contribution in [0.4, 0.5) is 0 Å². The molecular formula is C24H52FP. The second kappa shape index (κ2) is 25.4. The highest BCUT2D eigenvalue weighted by Crippen LogP contribution is 2.26. The van der Waals surface area contributed by atoms with Gasteiger partial charge in [0.05, 0.1) is 6.16 Å². The molecule has 0 aliphatic heterocycles. The van der Waals surface area contributed by atoms with Gasteiger partial charge in [-0.2, -0.15) is 0 Å². The molecule has 0 heterocycles. The van der Waals surface area contributed by atoms with Crippen molar-refractivity contribution in [3.05, 3.63) is 0 Å². The summed E-state index contributed by atoms with van der Waals surface area (Å²) in [7, 11) is 0.0421. The van der Waals surface area contributed by atoms with Crippen LogP contribution in [0.25, 0.3) is 0 Å². The molecule has 0 saturated heterocycles. The fourth-order valence-electron chi connectivity index (χ4n) is 3.73. The molecule has 0 aromatic heterocycles. The normalized spacial score (nSPS) is 11.1. The van der Waals surface area contributed by atoms with Crippen LogP contribution in [-0.2, 0) is 0 Å². The van der Waals surface area contributed by atoms with Gasteiger partial charge in [-0.05, 0) is 20.8 Å². The van der Waals surface area contributed by atoms with Gasteiger partial charge >= 0.3 is 0 Å². The molecule has 0 rings (SSSR count). The van der Waals surface area contributed by atoms with E-state index in [1.165, 1.54) is 135 Å². The van der Waals surface area contributed by atoms with E-state index in [1.807, 2.05) is 0 Å². The Morgan fingerprint density at radius 1 is 0.385 bits per heavy atom. The summed E-state index contributed by atoms with van der Waals surface area (Å²) < 4.78 is 0.